The van der Waals surface area contributed by atoms with E-state index in [-0.39, 0.29) is 17.3 Å². The molecule has 3 rings (SSSR count). The summed E-state index contributed by atoms with van der Waals surface area (Å²) in [5, 5.41) is 0. The zero-order chi connectivity index (χ0) is 16.0. The minimum Gasteiger partial charge on any atom is -0.497 e. The quantitative estimate of drug-likeness (QED) is 0.776. The molecule has 3 heteroatoms. The molecule has 0 saturated heterocycles. The molecule has 1 saturated carbocycles. The third-order valence-corrected chi connectivity index (χ3v) is 5.76. The number of ether oxygens (including phenoxy) is 2. The van der Waals surface area contributed by atoms with Crippen LogP contribution in [0.15, 0.2) is 24.3 Å². The van der Waals surface area contributed by atoms with Crippen LogP contribution in [0.5, 0.6) is 5.75 Å². The Morgan fingerprint density at radius 2 is 2.00 bits per heavy atom. The molecule has 0 aromatic heterocycles. The van der Waals surface area contributed by atoms with Gasteiger partial charge < -0.3 is 9.47 Å². The van der Waals surface area contributed by atoms with Crippen molar-refractivity contribution in [1.82, 2.24) is 0 Å². The van der Waals surface area contributed by atoms with Crippen molar-refractivity contribution in [2.75, 3.05) is 14.2 Å². The first-order valence-corrected chi connectivity index (χ1v) is 7.91. The van der Waals surface area contributed by atoms with Crippen molar-refractivity contribution in [3.63, 3.8) is 0 Å². The van der Waals surface area contributed by atoms with Gasteiger partial charge in [0.1, 0.15) is 5.75 Å². The molecule has 22 heavy (non-hydrogen) atoms. The molecule has 118 valence electrons. The zero-order valence-corrected chi connectivity index (χ0v) is 13.8. The first-order chi connectivity index (χ1) is 10.5. The topological polar surface area (TPSA) is 35.5 Å². The highest BCUT2D eigenvalue weighted by Crippen LogP contribution is 2.56. The van der Waals surface area contributed by atoms with Crippen LogP contribution in [0.25, 0.3) is 6.08 Å². The third-order valence-electron chi connectivity index (χ3n) is 5.76. The molecule has 2 aliphatic carbocycles. The van der Waals surface area contributed by atoms with Gasteiger partial charge in [-0.3, -0.25) is 4.79 Å². The standard InChI is InChI=1S/C19H24O3/c1-18-10-5-11-19(2,17(20)22-4)16(18)9-7-13-6-8-14(21-3)12-15(13)18/h6-9,12,16H,5,10-11H2,1-4H3. The van der Waals surface area contributed by atoms with Crippen molar-refractivity contribution >= 4 is 12.0 Å². The fourth-order valence-corrected chi connectivity index (χ4v) is 4.53. The van der Waals surface area contributed by atoms with Gasteiger partial charge in [-0.15, -0.1) is 0 Å². The lowest BCUT2D eigenvalue weighted by atomic mass is 9.51. The molecule has 0 aliphatic heterocycles. The number of allylic oxidation sites excluding steroid dienone is 1. The van der Waals surface area contributed by atoms with Crippen LogP contribution in [0.1, 0.15) is 44.2 Å². The summed E-state index contributed by atoms with van der Waals surface area (Å²) in [6.07, 6.45) is 7.35. The van der Waals surface area contributed by atoms with E-state index in [1.807, 2.05) is 6.07 Å². The molecule has 1 fully saturated rings. The molecule has 1 aromatic carbocycles. The van der Waals surface area contributed by atoms with Gasteiger partial charge in [0.05, 0.1) is 19.6 Å². The Morgan fingerprint density at radius 3 is 2.68 bits per heavy atom. The highest BCUT2D eigenvalue weighted by Gasteiger charge is 2.54. The molecule has 0 amide bonds. The summed E-state index contributed by atoms with van der Waals surface area (Å²) in [5.41, 5.74) is 2.00. The van der Waals surface area contributed by atoms with E-state index in [9.17, 15) is 4.79 Å². The van der Waals surface area contributed by atoms with Crippen LogP contribution in [0.3, 0.4) is 0 Å². The molecular formula is C19H24O3. The second kappa shape index (κ2) is 5.15. The maximum Gasteiger partial charge on any atom is 0.312 e. The predicted molar refractivity (Wildman–Crippen MR) is 86.8 cm³/mol. The second-order valence-electron chi connectivity index (χ2n) is 6.97. The molecule has 0 spiro atoms. The SMILES string of the molecule is COC(=O)C1(C)CCCC2(C)c3cc(OC)ccc3C=CC12. The number of benzene rings is 1. The van der Waals surface area contributed by atoms with Gasteiger partial charge in [-0.25, -0.2) is 0 Å². The maximum absolute atomic E-state index is 12.4. The average Bonchev–Trinajstić information content (AvgIpc) is 2.53. The molecule has 3 unspecified atom stereocenters. The monoisotopic (exact) mass is 300 g/mol. The lowest BCUT2D eigenvalue weighted by molar-refractivity contribution is -0.158. The van der Waals surface area contributed by atoms with E-state index in [4.69, 9.17) is 9.47 Å². The smallest absolute Gasteiger partial charge is 0.312 e. The largest absolute Gasteiger partial charge is 0.497 e. The van der Waals surface area contributed by atoms with Crippen LogP contribution >= 0.6 is 0 Å². The van der Waals surface area contributed by atoms with Crippen LogP contribution in [0.2, 0.25) is 0 Å². The van der Waals surface area contributed by atoms with Crippen LogP contribution < -0.4 is 4.74 Å². The zero-order valence-electron chi connectivity index (χ0n) is 13.8. The van der Waals surface area contributed by atoms with E-state index in [2.05, 4.69) is 38.1 Å². The van der Waals surface area contributed by atoms with E-state index in [0.717, 1.165) is 25.0 Å². The number of hydrogen-bond acceptors (Lipinski definition) is 3. The summed E-state index contributed by atoms with van der Waals surface area (Å²) >= 11 is 0. The van der Waals surface area contributed by atoms with Crippen molar-refractivity contribution in [1.29, 1.82) is 0 Å². The van der Waals surface area contributed by atoms with Gasteiger partial charge in [0.25, 0.3) is 0 Å². The van der Waals surface area contributed by atoms with Crippen molar-refractivity contribution < 1.29 is 14.3 Å². The van der Waals surface area contributed by atoms with Gasteiger partial charge in [0.2, 0.25) is 0 Å². The van der Waals surface area contributed by atoms with Gasteiger partial charge >= 0.3 is 5.97 Å². The Labute approximate surface area is 132 Å². The summed E-state index contributed by atoms with van der Waals surface area (Å²) in [6.45, 7) is 4.33. The molecule has 2 aliphatic rings. The molecule has 3 nitrogen and oxygen atoms in total. The van der Waals surface area contributed by atoms with Crippen LogP contribution in [0.4, 0.5) is 0 Å². The summed E-state index contributed by atoms with van der Waals surface area (Å²) in [4.78, 5) is 12.4. The molecule has 0 bridgehead atoms. The number of methoxy groups -OCH3 is 2. The van der Waals surface area contributed by atoms with Crippen molar-refractivity contribution in [2.45, 2.75) is 38.5 Å². The Kier molecular flexibility index (Phi) is 3.54. The Bertz CT molecular complexity index is 634. The molecule has 1 aromatic rings. The number of hydrogen-bond donors (Lipinski definition) is 0. The Hall–Kier alpha value is -1.77. The molecule has 0 N–H and O–H groups in total. The molecule has 0 heterocycles. The maximum atomic E-state index is 12.4. The predicted octanol–water partition coefficient (Wildman–Crippen LogP) is 3.96. The Balaban J connectivity index is 2.13. The fourth-order valence-electron chi connectivity index (χ4n) is 4.53. The summed E-state index contributed by atoms with van der Waals surface area (Å²) in [5.74, 6) is 0.930. The highest BCUT2D eigenvalue weighted by molar-refractivity contribution is 5.79. The lowest BCUT2D eigenvalue weighted by Gasteiger charge is -2.51. The van der Waals surface area contributed by atoms with Crippen LogP contribution in [0, 0.1) is 11.3 Å². The van der Waals surface area contributed by atoms with Crippen molar-refractivity contribution in [2.24, 2.45) is 11.3 Å². The normalized spacial score (nSPS) is 32.8. The fraction of sp³-hybridized carbons (Fsp3) is 0.526. The van der Waals surface area contributed by atoms with E-state index in [1.165, 1.54) is 18.2 Å². The summed E-state index contributed by atoms with van der Waals surface area (Å²) in [7, 11) is 3.18. The summed E-state index contributed by atoms with van der Waals surface area (Å²) < 4.78 is 10.5. The minimum absolute atomic E-state index is 0.0557. The van der Waals surface area contributed by atoms with Crippen LogP contribution in [-0.4, -0.2) is 20.2 Å². The van der Waals surface area contributed by atoms with Crippen molar-refractivity contribution in [3.05, 3.63) is 35.4 Å². The third kappa shape index (κ3) is 1.98. The molecular weight excluding hydrogens is 276 g/mol. The molecule has 0 radical (unpaired) electrons. The minimum atomic E-state index is -0.459. The van der Waals surface area contributed by atoms with Gasteiger partial charge in [0.15, 0.2) is 0 Å². The highest BCUT2D eigenvalue weighted by atomic mass is 16.5. The number of fused-ring (bicyclic) bond motifs is 3. The average molecular weight is 300 g/mol. The van der Waals surface area contributed by atoms with Gasteiger partial charge in [-0.1, -0.05) is 31.6 Å². The number of carbonyl (C=O) groups excluding carboxylic acids is 1. The molecule has 3 atom stereocenters. The van der Waals surface area contributed by atoms with Gasteiger partial charge in [-0.2, -0.15) is 0 Å². The number of esters is 1. The Morgan fingerprint density at radius 1 is 1.23 bits per heavy atom. The summed E-state index contributed by atoms with van der Waals surface area (Å²) in [6, 6.07) is 6.24. The van der Waals surface area contributed by atoms with Gasteiger partial charge in [-0.05, 0) is 43.0 Å². The van der Waals surface area contributed by atoms with Gasteiger partial charge in [0, 0.05) is 11.3 Å². The first kappa shape index (κ1) is 15.1. The van der Waals surface area contributed by atoms with E-state index >= 15 is 0 Å². The van der Waals surface area contributed by atoms with E-state index in [0.29, 0.717) is 0 Å². The van der Waals surface area contributed by atoms with E-state index < -0.39 is 5.41 Å². The second-order valence-corrected chi connectivity index (χ2v) is 6.97. The number of carbonyl (C=O) groups is 1. The van der Waals surface area contributed by atoms with Crippen LogP contribution in [-0.2, 0) is 14.9 Å². The lowest BCUT2D eigenvalue weighted by Crippen LogP contribution is -2.50. The number of rotatable bonds is 2. The first-order valence-electron chi connectivity index (χ1n) is 7.91. The van der Waals surface area contributed by atoms with Crippen molar-refractivity contribution in [3.8, 4) is 5.75 Å². The van der Waals surface area contributed by atoms with E-state index in [1.54, 1.807) is 7.11 Å².